The molecule has 0 bridgehead atoms. The third kappa shape index (κ3) is 8.42. The number of ether oxygens (including phenoxy) is 2. The van der Waals surface area contributed by atoms with Gasteiger partial charge in [0.15, 0.2) is 6.61 Å². The van der Waals surface area contributed by atoms with Gasteiger partial charge in [0, 0.05) is 28.7 Å². The first-order chi connectivity index (χ1) is 14.4. The van der Waals surface area contributed by atoms with Crippen LogP contribution < -0.4 is 15.4 Å². The first kappa shape index (κ1) is 23.7. The van der Waals surface area contributed by atoms with Crippen LogP contribution in [0.2, 0.25) is 5.02 Å². The van der Waals surface area contributed by atoms with Crippen LogP contribution in [0.3, 0.4) is 0 Å². The van der Waals surface area contributed by atoms with Gasteiger partial charge in [0.05, 0.1) is 11.6 Å². The molecule has 2 aromatic rings. The zero-order valence-corrected chi connectivity index (χ0v) is 18.7. The molecule has 160 valence electrons. The summed E-state index contributed by atoms with van der Waals surface area (Å²) in [5.74, 6) is -0.509. The highest BCUT2D eigenvalue weighted by molar-refractivity contribution is 9.10. The van der Waals surface area contributed by atoms with Crippen LogP contribution in [0.4, 0.5) is 11.4 Å². The van der Waals surface area contributed by atoms with Crippen molar-refractivity contribution in [1.29, 1.82) is 0 Å². The molecule has 9 heteroatoms. The van der Waals surface area contributed by atoms with Crippen molar-refractivity contribution < 1.29 is 23.9 Å². The van der Waals surface area contributed by atoms with Gasteiger partial charge in [-0.2, -0.15) is 0 Å². The van der Waals surface area contributed by atoms with Gasteiger partial charge in [0.1, 0.15) is 5.75 Å². The minimum atomic E-state index is -0.548. The van der Waals surface area contributed by atoms with Crippen LogP contribution in [0, 0.1) is 0 Å². The number of rotatable bonds is 10. The zero-order chi connectivity index (χ0) is 21.9. The minimum absolute atomic E-state index is 0.0358. The number of hydrogen-bond acceptors (Lipinski definition) is 5. The topological polar surface area (TPSA) is 93.7 Å². The molecule has 0 unspecified atom stereocenters. The molecule has 0 fully saturated rings. The highest BCUT2D eigenvalue weighted by atomic mass is 79.9. The number of nitrogens with one attached hydrogen (secondary N) is 2. The van der Waals surface area contributed by atoms with E-state index in [2.05, 4.69) is 26.6 Å². The summed E-state index contributed by atoms with van der Waals surface area (Å²) in [5, 5.41) is 5.78. The van der Waals surface area contributed by atoms with Crippen LogP contribution in [-0.4, -0.2) is 31.0 Å². The highest BCUT2D eigenvalue weighted by Gasteiger charge is 2.10. The first-order valence-electron chi connectivity index (χ1n) is 9.30. The number of halogens is 2. The number of carbonyl (C=O) groups excluding carboxylic acids is 3. The smallest absolute Gasteiger partial charge is 0.306 e. The summed E-state index contributed by atoms with van der Waals surface area (Å²) in [6, 6.07) is 12.0. The van der Waals surface area contributed by atoms with Crippen LogP contribution in [0.5, 0.6) is 5.75 Å². The molecule has 2 aromatic carbocycles. The number of carbonyl (C=O) groups is 3. The summed E-state index contributed by atoms with van der Waals surface area (Å²) < 4.78 is 11.0. The molecular weight excluding hydrogens is 476 g/mol. The van der Waals surface area contributed by atoms with Crippen molar-refractivity contribution in [3.8, 4) is 5.75 Å². The fourth-order valence-electron chi connectivity index (χ4n) is 2.41. The van der Waals surface area contributed by atoms with Gasteiger partial charge in [-0.15, -0.1) is 0 Å². The number of esters is 1. The normalized spacial score (nSPS) is 10.2. The molecule has 0 spiro atoms. The Hall–Kier alpha value is -2.58. The summed E-state index contributed by atoms with van der Waals surface area (Å²) in [6.45, 7) is 2.05. The van der Waals surface area contributed by atoms with Gasteiger partial charge in [0.2, 0.25) is 5.91 Å². The maximum Gasteiger partial charge on any atom is 0.306 e. The van der Waals surface area contributed by atoms with Gasteiger partial charge < -0.3 is 20.1 Å². The Morgan fingerprint density at radius 1 is 0.967 bits per heavy atom. The Labute approximate surface area is 188 Å². The fourth-order valence-corrected chi connectivity index (χ4v) is 2.83. The van der Waals surface area contributed by atoms with E-state index < -0.39 is 18.5 Å². The van der Waals surface area contributed by atoms with E-state index in [1.54, 1.807) is 42.5 Å². The maximum absolute atomic E-state index is 12.0. The van der Waals surface area contributed by atoms with Crippen molar-refractivity contribution in [3.63, 3.8) is 0 Å². The van der Waals surface area contributed by atoms with E-state index >= 15 is 0 Å². The molecule has 0 aliphatic heterocycles. The van der Waals surface area contributed by atoms with Crippen molar-refractivity contribution in [2.45, 2.75) is 26.2 Å². The summed E-state index contributed by atoms with van der Waals surface area (Å²) in [4.78, 5) is 35.6. The number of amides is 2. The van der Waals surface area contributed by atoms with Gasteiger partial charge in [-0.3, -0.25) is 14.4 Å². The Morgan fingerprint density at radius 3 is 2.30 bits per heavy atom. The molecule has 0 atom stereocenters. The van der Waals surface area contributed by atoms with Crippen LogP contribution in [0.25, 0.3) is 0 Å². The Kier molecular flexibility index (Phi) is 9.63. The third-order valence-electron chi connectivity index (χ3n) is 3.80. The van der Waals surface area contributed by atoms with Crippen LogP contribution in [0.15, 0.2) is 46.9 Å². The van der Waals surface area contributed by atoms with Crippen molar-refractivity contribution in [1.82, 2.24) is 0 Å². The molecule has 0 aliphatic carbocycles. The standard InChI is InChI=1S/C21H22BrClN2O5/c1-2-29-16-9-6-14(7-10-16)24-19(26)4-3-5-21(28)30-13-20(27)25-15-8-11-17(22)18(23)12-15/h6-12H,2-5,13H2,1H3,(H,24,26)(H,25,27). The third-order valence-corrected chi connectivity index (χ3v) is 5.03. The second kappa shape index (κ2) is 12.2. The van der Waals surface area contributed by atoms with Crippen LogP contribution in [0.1, 0.15) is 26.2 Å². The molecule has 0 heterocycles. The SMILES string of the molecule is CCOc1ccc(NC(=O)CCCC(=O)OCC(=O)Nc2ccc(Br)c(Cl)c2)cc1. The fraction of sp³-hybridized carbons (Fsp3) is 0.286. The Bertz CT molecular complexity index is 889. The Morgan fingerprint density at radius 2 is 1.63 bits per heavy atom. The van der Waals surface area contributed by atoms with E-state index in [9.17, 15) is 14.4 Å². The second-order valence-electron chi connectivity index (χ2n) is 6.20. The predicted octanol–water partition coefficient (Wildman–Crippen LogP) is 4.79. The Balaban J connectivity index is 1.63. The molecular formula is C21H22BrClN2O5. The van der Waals surface area contributed by atoms with Crippen molar-refractivity contribution in [2.75, 3.05) is 23.8 Å². The van der Waals surface area contributed by atoms with Gasteiger partial charge in [-0.25, -0.2) is 0 Å². The lowest BCUT2D eigenvalue weighted by atomic mass is 10.2. The van der Waals surface area contributed by atoms with Crippen LogP contribution in [-0.2, 0) is 19.1 Å². The van der Waals surface area contributed by atoms with Crippen molar-refractivity contribution in [2.24, 2.45) is 0 Å². The second-order valence-corrected chi connectivity index (χ2v) is 7.46. The van der Waals surface area contributed by atoms with E-state index in [1.807, 2.05) is 6.92 Å². The number of anilines is 2. The monoisotopic (exact) mass is 496 g/mol. The molecule has 2 rings (SSSR count). The molecule has 0 aromatic heterocycles. The average molecular weight is 498 g/mol. The zero-order valence-electron chi connectivity index (χ0n) is 16.4. The first-order valence-corrected chi connectivity index (χ1v) is 10.5. The van der Waals surface area contributed by atoms with E-state index in [-0.39, 0.29) is 18.7 Å². The van der Waals surface area contributed by atoms with Gasteiger partial charge in [0.25, 0.3) is 5.91 Å². The average Bonchev–Trinajstić information content (AvgIpc) is 2.71. The molecule has 0 aliphatic rings. The lowest BCUT2D eigenvalue weighted by molar-refractivity contribution is -0.147. The molecule has 2 N–H and O–H groups in total. The minimum Gasteiger partial charge on any atom is -0.494 e. The van der Waals surface area contributed by atoms with E-state index in [0.717, 1.165) is 5.75 Å². The van der Waals surface area contributed by atoms with Gasteiger partial charge >= 0.3 is 5.97 Å². The summed E-state index contributed by atoms with van der Waals surface area (Å²) in [6.07, 6.45) is 0.506. The van der Waals surface area contributed by atoms with Crippen molar-refractivity contribution in [3.05, 3.63) is 52.0 Å². The van der Waals surface area contributed by atoms with E-state index in [1.165, 1.54) is 0 Å². The summed E-state index contributed by atoms with van der Waals surface area (Å²) >= 11 is 9.22. The largest absolute Gasteiger partial charge is 0.494 e. The van der Waals surface area contributed by atoms with Gasteiger partial charge in [-0.1, -0.05) is 11.6 Å². The quantitative estimate of drug-likeness (QED) is 0.460. The highest BCUT2D eigenvalue weighted by Crippen LogP contribution is 2.25. The predicted molar refractivity (Wildman–Crippen MR) is 119 cm³/mol. The number of benzene rings is 2. The summed E-state index contributed by atoms with van der Waals surface area (Å²) in [7, 11) is 0. The lowest BCUT2D eigenvalue weighted by Crippen LogP contribution is -2.21. The molecule has 2 amide bonds. The number of hydrogen-bond donors (Lipinski definition) is 2. The molecule has 0 saturated heterocycles. The molecule has 30 heavy (non-hydrogen) atoms. The molecule has 0 radical (unpaired) electrons. The van der Waals surface area contributed by atoms with Gasteiger partial charge in [-0.05, 0) is 71.7 Å². The van der Waals surface area contributed by atoms with E-state index in [0.29, 0.717) is 33.9 Å². The molecule has 7 nitrogen and oxygen atoms in total. The summed E-state index contributed by atoms with van der Waals surface area (Å²) in [5.41, 5.74) is 1.14. The van der Waals surface area contributed by atoms with E-state index in [4.69, 9.17) is 21.1 Å². The maximum atomic E-state index is 12.0. The van der Waals surface area contributed by atoms with Crippen molar-refractivity contribution >= 4 is 56.7 Å². The lowest BCUT2D eigenvalue weighted by Gasteiger charge is -2.08. The van der Waals surface area contributed by atoms with Crippen LogP contribution >= 0.6 is 27.5 Å². The molecule has 0 saturated carbocycles.